The molecule has 0 aliphatic heterocycles. The average Bonchev–Trinajstić information content (AvgIpc) is 2.34. The van der Waals surface area contributed by atoms with Gasteiger partial charge in [0.05, 0.1) is 11.3 Å². The van der Waals surface area contributed by atoms with E-state index >= 15 is 0 Å². The molecular formula is C14H14N2OS. The molecule has 2 N–H and O–H groups in total. The number of hydrogen-bond donors (Lipinski definition) is 1. The van der Waals surface area contributed by atoms with Crippen LogP contribution in [-0.2, 0) is 0 Å². The van der Waals surface area contributed by atoms with Gasteiger partial charge in [-0.2, -0.15) is 0 Å². The van der Waals surface area contributed by atoms with Crippen LogP contribution in [0.3, 0.4) is 0 Å². The summed E-state index contributed by atoms with van der Waals surface area (Å²) >= 11 is 5.04. The fourth-order valence-corrected chi connectivity index (χ4v) is 1.83. The van der Waals surface area contributed by atoms with Crippen LogP contribution in [0, 0.1) is 13.8 Å². The van der Waals surface area contributed by atoms with Crippen LogP contribution in [0.15, 0.2) is 36.5 Å². The predicted molar refractivity (Wildman–Crippen MR) is 76.1 cm³/mol. The Morgan fingerprint density at radius 2 is 2.00 bits per heavy atom. The van der Waals surface area contributed by atoms with Crippen molar-refractivity contribution in [3.8, 4) is 11.5 Å². The molecule has 0 bridgehead atoms. The smallest absolute Gasteiger partial charge is 0.148 e. The molecule has 1 aromatic carbocycles. The standard InChI is InChI=1S/C14H14N2OS/c1-9-5-3-6-11(14(15)18)13(9)17-12-7-4-8-16-10(12)2/h3-8H,1-2H3,(H2,15,18). The van der Waals surface area contributed by atoms with E-state index in [1.807, 2.05) is 44.2 Å². The number of nitrogens with two attached hydrogens (primary N) is 1. The Labute approximate surface area is 112 Å². The second kappa shape index (κ2) is 5.14. The van der Waals surface area contributed by atoms with Gasteiger partial charge in [-0.05, 0) is 37.6 Å². The lowest BCUT2D eigenvalue weighted by atomic mass is 10.1. The van der Waals surface area contributed by atoms with Crippen molar-refractivity contribution in [3.05, 3.63) is 53.3 Å². The molecule has 0 saturated carbocycles. The molecule has 1 aromatic heterocycles. The molecule has 4 heteroatoms. The van der Waals surface area contributed by atoms with E-state index in [1.165, 1.54) is 0 Å². The van der Waals surface area contributed by atoms with Crippen LogP contribution in [0.25, 0.3) is 0 Å². The molecule has 0 spiro atoms. The normalized spacial score (nSPS) is 10.1. The molecule has 0 aliphatic carbocycles. The number of aryl methyl sites for hydroxylation is 2. The molecule has 0 aliphatic rings. The highest BCUT2D eigenvalue weighted by atomic mass is 32.1. The summed E-state index contributed by atoms with van der Waals surface area (Å²) in [4.78, 5) is 4.52. The number of aromatic nitrogens is 1. The minimum absolute atomic E-state index is 0.329. The van der Waals surface area contributed by atoms with Crippen LogP contribution in [0.1, 0.15) is 16.8 Å². The third-order valence-corrected chi connectivity index (χ3v) is 2.87. The van der Waals surface area contributed by atoms with E-state index in [-0.39, 0.29) is 0 Å². The fourth-order valence-electron chi connectivity index (χ4n) is 1.67. The minimum Gasteiger partial charge on any atom is -0.454 e. The predicted octanol–water partition coefficient (Wildman–Crippen LogP) is 3.12. The highest BCUT2D eigenvalue weighted by Gasteiger charge is 2.11. The average molecular weight is 258 g/mol. The molecule has 0 unspecified atom stereocenters. The molecular weight excluding hydrogens is 244 g/mol. The summed E-state index contributed by atoms with van der Waals surface area (Å²) < 4.78 is 5.90. The molecule has 92 valence electrons. The number of thiocarbonyl (C=S) groups is 1. The van der Waals surface area contributed by atoms with Gasteiger partial charge in [0.15, 0.2) is 0 Å². The second-order valence-electron chi connectivity index (χ2n) is 4.00. The Morgan fingerprint density at radius 1 is 1.22 bits per heavy atom. The van der Waals surface area contributed by atoms with Crippen molar-refractivity contribution in [2.45, 2.75) is 13.8 Å². The molecule has 2 rings (SSSR count). The zero-order valence-electron chi connectivity index (χ0n) is 10.3. The SMILES string of the molecule is Cc1cccc(C(N)=S)c1Oc1cccnc1C. The van der Waals surface area contributed by atoms with Gasteiger partial charge in [0, 0.05) is 6.20 Å². The third-order valence-electron chi connectivity index (χ3n) is 2.65. The van der Waals surface area contributed by atoms with Gasteiger partial charge in [-0.3, -0.25) is 4.98 Å². The molecule has 1 heterocycles. The fraction of sp³-hybridized carbons (Fsp3) is 0.143. The highest BCUT2D eigenvalue weighted by molar-refractivity contribution is 7.80. The highest BCUT2D eigenvalue weighted by Crippen LogP contribution is 2.30. The van der Waals surface area contributed by atoms with Crippen molar-refractivity contribution < 1.29 is 4.74 Å². The van der Waals surface area contributed by atoms with Crippen LogP contribution in [-0.4, -0.2) is 9.97 Å². The van der Waals surface area contributed by atoms with Crippen LogP contribution in [0.2, 0.25) is 0 Å². The van der Waals surface area contributed by atoms with Crippen molar-refractivity contribution in [2.24, 2.45) is 5.73 Å². The number of para-hydroxylation sites is 1. The van der Waals surface area contributed by atoms with Gasteiger partial charge in [0.2, 0.25) is 0 Å². The summed E-state index contributed by atoms with van der Waals surface area (Å²) in [6.45, 7) is 3.86. The van der Waals surface area contributed by atoms with Gasteiger partial charge in [-0.1, -0.05) is 24.4 Å². The zero-order chi connectivity index (χ0) is 13.1. The lowest BCUT2D eigenvalue weighted by molar-refractivity contribution is 0.471. The van der Waals surface area contributed by atoms with Gasteiger partial charge in [0.1, 0.15) is 16.5 Å². The van der Waals surface area contributed by atoms with E-state index in [2.05, 4.69) is 4.98 Å². The number of ether oxygens (including phenoxy) is 1. The molecule has 3 nitrogen and oxygen atoms in total. The van der Waals surface area contributed by atoms with E-state index in [9.17, 15) is 0 Å². The van der Waals surface area contributed by atoms with Crippen molar-refractivity contribution in [1.82, 2.24) is 4.98 Å². The van der Waals surface area contributed by atoms with Crippen LogP contribution in [0.5, 0.6) is 11.5 Å². The van der Waals surface area contributed by atoms with Gasteiger partial charge < -0.3 is 10.5 Å². The van der Waals surface area contributed by atoms with E-state index in [0.717, 1.165) is 16.8 Å². The van der Waals surface area contributed by atoms with Crippen molar-refractivity contribution >= 4 is 17.2 Å². The number of benzene rings is 1. The largest absolute Gasteiger partial charge is 0.454 e. The molecule has 2 aromatic rings. The third kappa shape index (κ3) is 2.49. The van der Waals surface area contributed by atoms with Crippen LogP contribution in [0.4, 0.5) is 0 Å². The van der Waals surface area contributed by atoms with Gasteiger partial charge in [-0.25, -0.2) is 0 Å². The number of nitrogens with zero attached hydrogens (tertiary/aromatic N) is 1. The second-order valence-corrected chi connectivity index (χ2v) is 4.44. The maximum Gasteiger partial charge on any atom is 0.148 e. The van der Waals surface area contributed by atoms with E-state index in [1.54, 1.807) is 6.20 Å². The van der Waals surface area contributed by atoms with Gasteiger partial charge in [-0.15, -0.1) is 0 Å². The minimum atomic E-state index is 0.329. The Balaban J connectivity index is 2.46. The monoisotopic (exact) mass is 258 g/mol. The number of pyridine rings is 1. The maximum absolute atomic E-state index is 5.90. The van der Waals surface area contributed by atoms with E-state index in [0.29, 0.717) is 16.5 Å². The first-order valence-electron chi connectivity index (χ1n) is 5.58. The number of hydrogen-bond acceptors (Lipinski definition) is 3. The van der Waals surface area contributed by atoms with Crippen molar-refractivity contribution in [2.75, 3.05) is 0 Å². The summed E-state index contributed by atoms with van der Waals surface area (Å²) in [5.41, 5.74) is 8.27. The molecule has 0 saturated heterocycles. The summed E-state index contributed by atoms with van der Waals surface area (Å²) in [7, 11) is 0. The first kappa shape index (κ1) is 12.5. The summed E-state index contributed by atoms with van der Waals surface area (Å²) in [6, 6.07) is 9.44. The Morgan fingerprint density at radius 3 is 2.67 bits per heavy atom. The van der Waals surface area contributed by atoms with Crippen LogP contribution >= 0.6 is 12.2 Å². The maximum atomic E-state index is 5.90. The zero-order valence-corrected chi connectivity index (χ0v) is 11.1. The quantitative estimate of drug-likeness (QED) is 0.859. The summed E-state index contributed by atoms with van der Waals surface area (Å²) in [5.74, 6) is 1.41. The first-order valence-corrected chi connectivity index (χ1v) is 5.99. The van der Waals surface area contributed by atoms with E-state index in [4.69, 9.17) is 22.7 Å². The molecule has 0 radical (unpaired) electrons. The topological polar surface area (TPSA) is 48.1 Å². The Bertz CT molecular complexity index is 596. The van der Waals surface area contributed by atoms with Gasteiger partial charge >= 0.3 is 0 Å². The summed E-state index contributed by atoms with van der Waals surface area (Å²) in [6.07, 6.45) is 1.73. The molecule has 0 amide bonds. The summed E-state index contributed by atoms with van der Waals surface area (Å²) in [5, 5.41) is 0. The Kier molecular flexibility index (Phi) is 3.58. The molecule has 0 fully saturated rings. The van der Waals surface area contributed by atoms with Crippen molar-refractivity contribution in [3.63, 3.8) is 0 Å². The van der Waals surface area contributed by atoms with Crippen LogP contribution < -0.4 is 10.5 Å². The molecule has 0 atom stereocenters. The number of rotatable bonds is 3. The van der Waals surface area contributed by atoms with Gasteiger partial charge in [0.25, 0.3) is 0 Å². The molecule has 18 heavy (non-hydrogen) atoms. The van der Waals surface area contributed by atoms with Crippen molar-refractivity contribution in [1.29, 1.82) is 0 Å². The lowest BCUT2D eigenvalue weighted by Crippen LogP contribution is -2.11. The van der Waals surface area contributed by atoms with E-state index < -0.39 is 0 Å². The lowest BCUT2D eigenvalue weighted by Gasteiger charge is -2.13. The Hall–Kier alpha value is -1.94. The first-order chi connectivity index (χ1) is 8.59.